The number of benzene rings is 2. The highest BCUT2D eigenvalue weighted by Crippen LogP contribution is 2.34. The van der Waals surface area contributed by atoms with E-state index in [2.05, 4.69) is 27.1 Å². The zero-order valence-corrected chi connectivity index (χ0v) is 22.2. The van der Waals surface area contributed by atoms with Crippen molar-refractivity contribution in [1.82, 2.24) is 14.5 Å². The van der Waals surface area contributed by atoms with Crippen molar-refractivity contribution in [3.63, 3.8) is 0 Å². The first kappa shape index (κ1) is 26.1. The van der Waals surface area contributed by atoms with Crippen LogP contribution in [0.4, 0.5) is 0 Å². The summed E-state index contributed by atoms with van der Waals surface area (Å²) in [5.74, 6) is 1.39. The van der Waals surface area contributed by atoms with Gasteiger partial charge in [0.25, 0.3) is 0 Å². The molecule has 39 heavy (non-hydrogen) atoms. The highest BCUT2D eigenvalue weighted by molar-refractivity contribution is 6.00. The lowest BCUT2D eigenvalue weighted by atomic mass is 10.0. The molecule has 0 aliphatic carbocycles. The highest BCUT2D eigenvalue weighted by Gasteiger charge is 2.13. The molecule has 5 rings (SSSR count). The van der Waals surface area contributed by atoms with Gasteiger partial charge in [-0.3, -0.25) is 14.8 Å². The van der Waals surface area contributed by atoms with Crippen molar-refractivity contribution in [1.29, 1.82) is 0 Å². The predicted molar refractivity (Wildman–Crippen MR) is 149 cm³/mol. The Morgan fingerprint density at radius 3 is 2.13 bits per heavy atom. The van der Waals surface area contributed by atoms with E-state index in [-0.39, 0.29) is 5.78 Å². The molecule has 7 nitrogen and oxygen atoms in total. The van der Waals surface area contributed by atoms with Gasteiger partial charge in [0, 0.05) is 24.4 Å². The zero-order valence-electron chi connectivity index (χ0n) is 22.2. The van der Waals surface area contributed by atoms with Crippen LogP contribution >= 0.6 is 0 Å². The smallest absolute Gasteiger partial charge is 0.243 e. The quantitative estimate of drug-likeness (QED) is 0.110. The van der Waals surface area contributed by atoms with E-state index in [4.69, 9.17) is 9.47 Å². The summed E-state index contributed by atoms with van der Waals surface area (Å²) in [5, 5.41) is 1.91. The maximum Gasteiger partial charge on any atom is 0.243 e. The topological polar surface area (TPSA) is 70.1 Å². The van der Waals surface area contributed by atoms with E-state index in [9.17, 15) is 4.79 Å². The molecule has 0 N–H and O–H groups in total. The third-order valence-electron chi connectivity index (χ3n) is 6.57. The van der Waals surface area contributed by atoms with Crippen LogP contribution in [0.15, 0.2) is 97.8 Å². The number of ketones is 1. The van der Waals surface area contributed by atoms with Crippen molar-refractivity contribution in [2.75, 3.05) is 0 Å². The van der Waals surface area contributed by atoms with Crippen molar-refractivity contribution in [2.45, 2.75) is 45.4 Å². The monoisotopic (exact) mass is 521 g/mol. The maximum atomic E-state index is 13.0. The van der Waals surface area contributed by atoms with E-state index >= 15 is 0 Å². The molecule has 0 saturated heterocycles. The number of aryl methyl sites for hydroxylation is 2. The Morgan fingerprint density at radius 1 is 0.821 bits per heavy atom. The van der Waals surface area contributed by atoms with Crippen LogP contribution in [-0.2, 0) is 26.8 Å². The lowest BCUT2D eigenvalue weighted by molar-refractivity contribution is -0.671. The van der Waals surface area contributed by atoms with Crippen molar-refractivity contribution in [2.24, 2.45) is 7.05 Å². The molecule has 7 heteroatoms. The van der Waals surface area contributed by atoms with Crippen LogP contribution in [0, 0.1) is 0 Å². The average Bonchev–Trinajstić information content (AvgIpc) is 3.40. The largest absolute Gasteiger partial charge is 0.483 e. The molecule has 0 saturated carbocycles. The fraction of sp³-hybridized carbons (Fsp3) is 0.250. The van der Waals surface area contributed by atoms with Crippen molar-refractivity contribution in [3.05, 3.63) is 115 Å². The lowest BCUT2D eigenvalue weighted by Crippen LogP contribution is -2.23. The van der Waals surface area contributed by atoms with E-state index in [0.29, 0.717) is 31.1 Å². The molecule has 2 aromatic carbocycles. The molecular weight excluding hydrogens is 488 g/mol. The van der Waals surface area contributed by atoms with Crippen molar-refractivity contribution in [3.8, 4) is 11.5 Å². The Kier molecular flexibility index (Phi) is 8.58. The summed E-state index contributed by atoms with van der Waals surface area (Å²) in [6, 6.07) is 21.2. The van der Waals surface area contributed by atoms with E-state index in [1.807, 2.05) is 84.5 Å². The predicted octanol–water partition coefficient (Wildman–Crippen LogP) is 5.86. The van der Waals surface area contributed by atoms with Gasteiger partial charge in [0.2, 0.25) is 6.33 Å². The van der Waals surface area contributed by atoms with Gasteiger partial charge in [-0.2, -0.15) is 0 Å². The van der Waals surface area contributed by atoms with E-state index < -0.39 is 0 Å². The number of hydrogen-bond donors (Lipinski definition) is 0. The zero-order chi connectivity index (χ0) is 26.9. The molecule has 0 aliphatic rings. The van der Waals surface area contributed by atoms with Gasteiger partial charge in [-0.15, -0.1) is 0 Å². The molecule has 0 amide bonds. The molecule has 5 aromatic rings. The summed E-state index contributed by atoms with van der Waals surface area (Å²) in [4.78, 5) is 21.7. The van der Waals surface area contributed by atoms with Gasteiger partial charge in [0.05, 0.1) is 25.0 Å². The molecular formula is C32H33N4O3+. The maximum absolute atomic E-state index is 13.0. The molecule has 0 radical (unpaired) electrons. The van der Waals surface area contributed by atoms with Crippen molar-refractivity contribution >= 4 is 16.6 Å². The third kappa shape index (κ3) is 7.29. The van der Waals surface area contributed by atoms with Gasteiger partial charge in [-0.05, 0) is 72.5 Å². The number of rotatable bonds is 13. The fourth-order valence-electron chi connectivity index (χ4n) is 4.46. The van der Waals surface area contributed by atoms with Gasteiger partial charge in [-0.1, -0.05) is 24.3 Å². The normalized spacial score (nSPS) is 11.0. The molecule has 3 aromatic heterocycles. The second-order valence-electron chi connectivity index (χ2n) is 9.63. The Labute approximate surface area is 228 Å². The fourth-order valence-corrected chi connectivity index (χ4v) is 4.46. The SMILES string of the molecule is C[n+]1ccn(CCCCCC(=O)c2ccc3cc(OCc4ccccn4)c(OCc4ccccn4)cc3c2)c1. The minimum absolute atomic E-state index is 0.163. The summed E-state index contributed by atoms with van der Waals surface area (Å²) < 4.78 is 16.5. The van der Waals surface area contributed by atoms with Crippen LogP contribution in [0.1, 0.15) is 47.4 Å². The third-order valence-corrected chi connectivity index (χ3v) is 6.57. The second-order valence-corrected chi connectivity index (χ2v) is 9.63. The number of aromatic nitrogens is 4. The number of imidazole rings is 1. The Bertz CT molecular complexity index is 1520. The minimum Gasteiger partial charge on any atom is -0.483 e. The molecule has 0 unspecified atom stereocenters. The van der Waals surface area contributed by atoms with Gasteiger partial charge < -0.3 is 9.47 Å². The number of Topliss-reactive ketones (excluding diaryl/α,β-unsaturated/α-hetero) is 1. The number of carbonyl (C=O) groups excluding carboxylic acids is 1. The first-order valence-corrected chi connectivity index (χ1v) is 13.3. The molecule has 198 valence electrons. The molecule has 0 atom stereocenters. The van der Waals surface area contributed by atoms with Crippen LogP contribution in [0.3, 0.4) is 0 Å². The molecule has 0 bridgehead atoms. The Hall–Kier alpha value is -4.52. The van der Waals surface area contributed by atoms with Crippen LogP contribution < -0.4 is 14.0 Å². The summed E-state index contributed by atoms with van der Waals surface area (Å²) in [6.07, 6.45) is 13.2. The molecule has 0 aliphatic heterocycles. The number of unbranched alkanes of at least 4 members (excludes halogenated alkanes) is 2. The van der Waals surface area contributed by atoms with Gasteiger partial charge in [0.1, 0.15) is 25.6 Å². The number of nitrogens with zero attached hydrogens (tertiary/aromatic N) is 4. The lowest BCUT2D eigenvalue weighted by Gasteiger charge is -2.14. The van der Waals surface area contributed by atoms with Crippen LogP contribution in [0.25, 0.3) is 10.8 Å². The van der Waals surface area contributed by atoms with E-state index in [1.165, 1.54) is 0 Å². The highest BCUT2D eigenvalue weighted by atomic mass is 16.5. The number of pyridine rings is 2. The summed E-state index contributed by atoms with van der Waals surface area (Å²) in [6.45, 7) is 1.61. The minimum atomic E-state index is 0.163. The number of hydrogen-bond acceptors (Lipinski definition) is 5. The molecule has 0 spiro atoms. The van der Waals surface area contributed by atoms with Gasteiger partial charge in [-0.25, -0.2) is 9.13 Å². The Balaban J connectivity index is 1.27. The summed E-state index contributed by atoms with van der Waals surface area (Å²) in [5.41, 5.74) is 2.37. The second kappa shape index (κ2) is 12.8. The average molecular weight is 522 g/mol. The van der Waals surface area contributed by atoms with E-state index in [0.717, 1.165) is 53.5 Å². The van der Waals surface area contributed by atoms with Gasteiger partial charge in [0.15, 0.2) is 17.3 Å². The first-order valence-electron chi connectivity index (χ1n) is 13.3. The van der Waals surface area contributed by atoms with Crippen LogP contribution in [0.2, 0.25) is 0 Å². The van der Waals surface area contributed by atoms with E-state index in [1.54, 1.807) is 12.4 Å². The molecule has 0 fully saturated rings. The molecule has 3 heterocycles. The van der Waals surface area contributed by atoms with Gasteiger partial charge >= 0.3 is 0 Å². The first-order chi connectivity index (χ1) is 19.1. The number of ether oxygens (including phenoxy) is 2. The van der Waals surface area contributed by atoms with Crippen molar-refractivity contribution < 1.29 is 18.8 Å². The van der Waals surface area contributed by atoms with Crippen LogP contribution in [0.5, 0.6) is 11.5 Å². The Morgan fingerprint density at radius 2 is 1.51 bits per heavy atom. The standard InChI is InChI=1S/C32H33N4O3/c1-35-17-18-36(24-35)16-8-2-3-11-30(37)26-13-12-25-20-31(38-22-28-9-4-6-14-33-28)32(21-27(25)19-26)39-23-29-10-5-7-15-34-29/h4-7,9-10,12-15,17-21,24H,2-3,8,11,16,22-23H2,1H3/q+1. The summed E-state index contributed by atoms with van der Waals surface area (Å²) in [7, 11) is 2.02. The van der Waals surface area contributed by atoms with Crippen LogP contribution in [-0.4, -0.2) is 20.3 Å². The summed E-state index contributed by atoms with van der Waals surface area (Å²) >= 11 is 0. The number of fused-ring (bicyclic) bond motifs is 1. The number of carbonyl (C=O) groups is 1.